The Morgan fingerprint density at radius 2 is 1.48 bits per heavy atom. The predicted octanol–water partition coefficient (Wildman–Crippen LogP) is 4.75. The number of aryl methyl sites for hydroxylation is 1. The van der Waals surface area contributed by atoms with Crippen LogP contribution in [0.2, 0.25) is 0 Å². The van der Waals surface area contributed by atoms with E-state index in [1.807, 2.05) is 6.33 Å². The van der Waals surface area contributed by atoms with Gasteiger partial charge in [-0.15, -0.1) is 12.4 Å². The molecule has 0 bridgehead atoms. The molecule has 23 heavy (non-hydrogen) atoms. The van der Waals surface area contributed by atoms with Crippen LogP contribution in [0.15, 0.2) is 12.7 Å². The van der Waals surface area contributed by atoms with Gasteiger partial charge in [-0.3, -0.25) is 0 Å². The SMILES string of the molecule is CCCCCCCCCCCCn1cnc2ncnc(N)c21.Cl. The van der Waals surface area contributed by atoms with E-state index in [2.05, 4.69) is 26.4 Å². The van der Waals surface area contributed by atoms with E-state index in [0.29, 0.717) is 11.5 Å². The van der Waals surface area contributed by atoms with Crippen molar-refractivity contribution in [1.29, 1.82) is 0 Å². The topological polar surface area (TPSA) is 69.6 Å². The van der Waals surface area contributed by atoms with Crippen molar-refractivity contribution in [1.82, 2.24) is 19.5 Å². The lowest BCUT2D eigenvalue weighted by Gasteiger charge is -2.05. The Kier molecular flexibility index (Phi) is 9.60. The minimum Gasteiger partial charge on any atom is -0.382 e. The highest BCUT2D eigenvalue weighted by Crippen LogP contribution is 2.16. The van der Waals surface area contributed by atoms with Crippen LogP contribution in [0.4, 0.5) is 5.82 Å². The number of hydrogen-bond acceptors (Lipinski definition) is 4. The van der Waals surface area contributed by atoms with E-state index >= 15 is 0 Å². The second kappa shape index (κ2) is 11.2. The second-order valence-corrected chi connectivity index (χ2v) is 6.05. The van der Waals surface area contributed by atoms with Gasteiger partial charge in [-0.1, -0.05) is 64.7 Å². The van der Waals surface area contributed by atoms with Crippen LogP contribution >= 0.6 is 12.4 Å². The Morgan fingerprint density at radius 1 is 0.870 bits per heavy atom. The van der Waals surface area contributed by atoms with Crippen LogP contribution < -0.4 is 5.73 Å². The third-order valence-electron chi connectivity index (χ3n) is 4.19. The fraction of sp³-hybridized carbons (Fsp3) is 0.706. The maximum Gasteiger partial charge on any atom is 0.182 e. The van der Waals surface area contributed by atoms with Gasteiger partial charge in [0.25, 0.3) is 0 Å². The molecule has 2 rings (SSSR count). The zero-order valence-corrected chi connectivity index (χ0v) is 15.0. The molecule has 0 amide bonds. The molecule has 0 fully saturated rings. The number of aromatic nitrogens is 4. The molecule has 0 radical (unpaired) electrons. The van der Waals surface area contributed by atoms with Gasteiger partial charge < -0.3 is 10.3 Å². The third kappa shape index (κ3) is 6.34. The van der Waals surface area contributed by atoms with Crippen LogP contribution in [0.1, 0.15) is 71.1 Å². The van der Waals surface area contributed by atoms with Crippen molar-refractivity contribution in [2.75, 3.05) is 5.73 Å². The smallest absolute Gasteiger partial charge is 0.182 e. The van der Waals surface area contributed by atoms with E-state index in [9.17, 15) is 0 Å². The zero-order chi connectivity index (χ0) is 15.6. The van der Waals surface area contributed by atoms with Crippen LogP contribution in [0.3, 0.4) is 0 Å². The quantitative estimate of drug-likeness (QED) is 0.599. The Hall–Kier alpha value is -1.36. The molecule has 0 aromatic carbocycles. The molecule has 0 aliphatic carbocycles. The summed E-state index contributed by atoms with van der Waals surface area (Å²) in [6.45, 7) is 3.22. The number of fused-ring (bicyclic) bond motifs is 1. The predicted molar refractivity (Wildman–Crippen MR) is 98.8 cm³/mol. The number of hydrogen-bond donors (Lipinski definition) is 1. The monoisotopic (exact) mass is 339 g/mol. The third-order valence-corrected chi connectivity index (χ3v) is 4.19. The Morgan fingerprint density at radius 3 is 2.13 bits per heavy atom. The number of nitrogens with zero attached hydrogens (tertiary/aromatic N) is 4. The summed E-state index contributed by atoms with van der Waals surface area (Å²) < 4.78 is 2.08. The molecule has 0 aliphatic rings. The highest BCUT2D eigenvalue weighted by atomic mass is 35.5. The lowest BCUT2D eigenvalue weighted by atomic mass is 10.1. The number of imidazole rings is 1. The maximum absolute atomic E-state index is 5.91. The molecule has 5 nitrogen and oxygen atoms in total. The molecule has 0 saturated carbocycles. The summed E-state index contributed by atoms with van der Waals surface area (Å²) in [4.78, 5) is 12.5. The molecule has 2 aromatic heterocycles. The average Bonchev–Trinajstić information content (AvgIpc) is 2.94. The summed E-state index contributed by atoms with van der Waals surface area (Å²) in [5, 5.41) is 0. The summed E-state index contributed by atoms with van der Waals surface area (Å²) in [6, 6.07) is 0. The first kappa shape index (κ1) is 19.7. The van der Waals surface area contributed by atoms with Gasteiger partial charge in [0, 0.05) is 6.54 Å². The van der Waals surface area contributed by atoms with Gasteiger partial charge in [0.1, 0.15) is 11.8 Å². The number of halogens is 1. The molecular formula is C17H30ClN5. The van der Waals surface area contributed by atoms with E-state index in [0.717, 1.165) is 18.5 Å². The van der Waals surface area contributed by atoms with Gasteiger partial charge in [-0.2, -0.15) is 0 Å². The van der Waals surface area contributed by atoms with Gasteiger partial charge >= 0.3 is 0 Å². The minimum atomic E-state index is 0. The van der Waals surface area contributed by atoms with Gasteiger partial charge in [0.05, 0.1) is 6.33 Å². The van der Waals surface area contributed by atoms with Gasteiger partial charge in [-0.05, 0) is 6.42 Å². The number of rotatable bonds is 11. The summed E-state index contributed by atoms with van der Waals surface area (Å²) in [5.41, 5.74) is 7.48. The highest BCUT2D eigenvalue weighted by molar-refractivity contribution is 5.85. The van der Waals surface area contributed by atoms with Crippen LogP contribution in [-0.2, 0) is 6.54 Å². The second-order valence-electron chi connectivity index (χ2n) is 6.05. The Balaban J connectivity index is 0.00000264. The lowest BCUT2D eigenvalue weighted by molar-refractivity contribution is 0.538. The van der Waals surface area contributed by atoms with E-state index < -0.39 is 0 Å². The average molecular weight is 340 g/mol. The zero-order valence-electron chi connectivity index (χ0n) is 14.2. The van der Waals surface area contributed by atoms with Gasteiger partial charge in [-0.25, -0.2) is 15.0 Å². The molecule has 2 N–H and O–H groups in total. The fourth-order valence-corrected chi connectivity index (χ4v) is 2.87. The van der Waals surface area contributed by atoms with Crippen molar-refractivity contribution in [2.45, 2.75) is 77.7 Å². The van der Waals surface area contributed by atoms with Crippen LogP contribution in [0.25, 0.3) is 11.2 Å². The van der Waals surface area contributed by atoms with Crippen molar-refractivity contribution in [3.8, 4) is 0 Å². The summed E-state index contributed by atoms with van der Waals surface area (Å²) in [5.74, 6) is 0.523. The molecule has 0 spiro atoms. The van der Waals surface area contributed by atoms with Crippen molar-refractivity contribution in [2.24, 2.45) is 0 Å². The maximum atomic E-state index is 5.91. The molecule has 2 aromatic rings. The summed E-state index contributed by atoms with van der Waals surface area (Å²) in [7, 11) is 0. The molecular weight excluding hydrogens is 310 g/mol. The fourth-order valence-electron chi connectivity index (χ4n) is 2.87. The van der Waals surface area contributed by atoms with Crippen LogP contribution in [0, 0.1) is 0 Å². The van der Waals surface area contributed by atoms with E-state index in [-0.39, 0.29) is 12.4 Å². The molecule has 130 valence electrons. The van der Waals surface area contributed by atoms with Gasteiger partial charge in [0.2, 0.25) is 0 Å². The van der Waals surface area contributed by atoms with Crippen LogP contribution in [-0.4, -0.2) is 19.5 Å². The van der Waals surface area contributed by atoms with Gasteiger partial charge in [0.15, 0.2) is 11.5 Å². The standard InChI is InChI=1S/C17H29N5.ClH/c1-2-3-4-5-6-7-8-9-10-11-12-22-14-21-17-15(22)16(18)19-13-20-17;/h13-14H,2-12H2,1H3,(H2,18,19,20);1H. The number of anilines is 1. The first-order chi connectivity index (χ1) is 10.8. The van der Waals surface area contributed by atoms with Crippen LogP contribution in [0.5, 0.6) is 0 Å². The number of nitrogen functional groups attached to an aromatic ring is 1. The highest BCUT2D eigenvalue weighted by Gasteiger charge is 2.07. The van der Waals surface area contributed by atoms with Crippen molar-refractivity contribution in [3.05, 3.63) is 12.7 Å². The molecule has 6 heteroatoms. The summed E-state index contributed by atoms with van der Waals surface area (Å²) >= 11 is 0. The van der Waals surface area contributed by atoms with Crippen molar-refractivity contribution >= 4 is 29.4 Å². The minimum absolute atomic E-state index is 0. The molecule has 0 atom stereocenters. The number of nitrogens with two attached hydrogens (primary N) is 1. The molecule has 0 saturated heterocycles. The first-order valence-electron chi connectivity index (χ1n) is 8.74. The summed E-state index contributed by atoms with van der Waals surface area (Å²) in [6.07, 6.45) is 16.7. The Labute approximate surface area is 145 Å². The lowest BCUT2D eigenvalue weighted by Crippen LogP contribution is -2.01. The van der Waals surface area contributed by atoms with E-state index in [4.69, 9.17) is 5.73 Å². The largest absolute Gasteiger partial charge is 0.382 e. The normalized spacial score (nSPS) is 10.8. The number of unbranched alkanes of at least 4 members (excludes halogenated alkanes) is 9. The molecule has 0 aliphatic heterocycles. The van der Waals surface area contributed by atoms with Crippen molar-refractivity contribution < 1.29 is 0 Å². The van der Waals surface area contributed by atoms with E-state index in [1.165, 1.54) is 64.1 Å². The Bertz CT molecular complexity index is 555. The van der Waals surface area contributed by atoms with Crippen molar-refractivity contribution in [3.63, 3.8) is 0 Å². The van der Waals surface area contributed by atoms with E-state index in [1.54, 1.807) is 0 Å². The molecule has 2 heterocycles. The molecule has 0 unspecified atom stereocenters. The first-order valence-corrected chi connectivity index (χ1v) is 8.74.